The summed E-state index contributed by atoms with van der Waals surface area (Å²) >= 11 is 0. The van der Waals surface area contributed by atoms with Crippen molar-refractivity contribution in [3.05, 3.63) is 42.5 Å². The summed E-state index contributed by atoms with van der Waals surface area (Å²) in [5, 5.41) is 5.25. The Kier molecular flexibility index (Phi) is 4.64. The number of rotatable bonds is 4. The number of carbonyl (C=O) groups is 2. The molecular formula is C21H25N3O2. The van der Waals surface area contributed by atoms with Crippen LogP contribution in [0.4, 0.5) is 5.69 Å². The third-order valence-electron chi connectivity index (χ3n) is 5.53. The van der Waals surface area contributed by atoms with Gasteiger partial charge in [-0.25, -0.2) is 0 Å². The lowest BCUT2D eigenvalue weighted by Gasteiger charge is -2.37. The molecule has 4 rings (SSSR count). The lowest BCUT2D eigenvalue weighted by Crippen LogP contribution is -2.54. The van der Waals surface area contributed by atoms with Crippen LogP contribution >= 0.6 is 0 Å². The average Bonchev–Trinajstić information content (AvgIpc) is 3.52. The van der Waals surface area contributed by atoms with Gasteiger partial charge in [0.2, 0.25) is 11.8 Å². The summed E-state index contributed by atoms with van der Waals surface area (Å²) in [7, 11) is 0. The Hall–Kier alpha value is -2.40. The summed E-state index contributed by atoms with van der Waals surface area (Å²) in [5.41, 5.74) is 0.850. The number of hydrogen-bond donors (Lipinski definition) is 1. The maximum Gasteiger partial charge on any atom is 0.241 e. The number of fused-ring (bicyclic) bond motifs is 1. The van der Waals surface area contributed by atoms with E-state index in [-0.39, 0.29) is 17.9 Å². The highest BCUT2D eigenvalue weighted by Gasteiger charge is 2.35. The predicted molar refractivity (Wildman–Crippen MR) is 103 cm³/mol. The minimum absolute atomic E-state index is 0.00308. The number of hydrogen-bond acceptors (Lipinski definition) is 3. The van der Waals surface area contributed by atoms with Gasteiger partial charge in [-0.05, 0) is 31.2 Å². The van der Waals surface area contributed by atoms with Gasteiger partial charge in [0.15, 0.2) is 0 Å². The van der Waals surface area contributed by atoms with E-state index in [1.54, 1.807) is 0 Å². The maximum atomic E-state index is 12.8. The van der Waals surface area contributed by atoms with E-state index in [0.29, 0.717) is 5.91 Å². The van der Waals surface area contributed by atoms with Gasteiger partial charge in [0.25, 0.3) is 0 Å². The van der Waals surface area contributed by atoms with Gasteiger partial charge in [0, 0.05) is 43.2 Å². The minimum Gasteiger partial charge on any atom is -0.340 e. The van der Waals surface area contributed by atoms with Crippen LogP contribution in [0.15, 0.2) is 42.5 Å². The van der Waals surface area contributed by atoms with E-state index in [4.69, 9.17) is 0 Å². The molecule has 1 saturated heterocycles. The minimum atomic E-state index is -0.216. The summed E-state index contributed by atoms with van der Waals surface area (Å²) in [4.78, 5) is 29.0. The van der Waals surface area contributed by atoms with Crippen LogP contribution in [0.3, 0.4) is 0 Å². The number of anilines is 1. The molecule has 136 valence electrons. The van der Waals surface area contributed by atoms with Gasteiger partial charge in [-0.1, -0.05) is 36.4 Å². The standard InChI is InChI=1S/C21H25N3O2/c1-15(23-11-13-24(14-12-23)21(26)17-9-10-17)20(25)22-19-8-4-6-16-5-2-3-7-18(16)19/h2-8,15,17H,9-14H2,1H3,(H,22,25)/t15-/m0/s1. The quantitative estimate of drug-likeness (QED) is 0.921. The van der Waals surface area contributed by atoms with Gasteiger partial charge in [-0.3, -0.25) is 14.5 Å². The number of carbonyl (C=O) groups excluding carboxylic acids is 2. The molecule has 2 aromatic rings. The fourth-order valence-electron chi connectivity index (χ4n) is 3.66. The predicted octanol–water partition coefficient (Wildman–Crippen LogP) is 2.72. The molecule has 2 fully saturated rings. The number of nitrogens with zero attached hydrogens (tertiary/aromatic N) is 2. The molecule has 2 aromatic carbocycles. The lowest BCUT2D eigenvalue weighted by atomic mass is 10.1. The summed E-state index contributed by atoms with van der Waals surface area (Å²) in [5.74, 6) is 0.578. The second-order valence-corrected chi connectivity index (χ2v) is 7.33. The molecular weight excluding hydrogens is 326 g/mol. The van der Waals surface area contributed by atoms with Crippen LogP contribution in [-0.2, 0) is 9.59 Å². The number of amides is 2. The van der Waals surface area contributed by atoms with Crippen LogP contribution in [0.25, 0.3) is 10.8 Å². The average molecular weight is 351 g/mol. The first-order chi connectivity index (χ1) is 12.6. The maximum absolute atomic E-state index is 12.8. The van der Waals surface area contributed by atoms with E-state index in [1.807, 2.05) is 54.3 Å². The smallest absolute Gasteiger partial charge is 0.241 e. The fraction of sp³-hybridized carbons (Fsp3) is 0.429. The van der Waals surface area contributed by atoms with Crippen LogP contribution in [0.2, 0.25) is 0 Å². The highest BCUT2D eigenvalue weighted by Crippen LogP contribution is 2.31. The largest absolute Gasteiger partial charge is 0.340 e. The van der Waals surface area contributed by atoms with Crippen molar-refractivity contribution in [1.29, 1.82) is 0 Å². The van der Waals surface area contributed by atoms with Crippen molar-refractivity contribution in [2.24, 2.45) is 5.92 Å². The number of piperazine rings is 1. The number of benzene rings is 2. The molecule has 1 aliphatic heterocycles. The summed E-state index contributed by atoms with van der Waals surface area (Å²) in [6.45, 7) is 4.90. The monoisotopic (exact) mass is 351 g/mol. The molecule has 0 radical (unpaired) electrons. The lowest BCUT2D eigenvalue weighted by molar-refractivity contribution is -0.135. The Morgan fingerprint density at radius 3 is 2.42 bits per heavy atom. The fourth-order valence-corrected chi connectivity index (χ4v) is 3.66. The van der Waals surface area contributed by atoms with Gasteiger partial charge in [0.05, 0.1) is 6.04 Å². The summed E-state index contributed by atoms with van der Waals surface area (Å²) < 4.78 is 0. The molecule has 1 atom stereocenters. The van der Waals surface area contributed by atoms with E-state index >= 15 is 0 Å². The molecule has 1 aliphatic carbocycles. The molecule has 0 unspecified atom stereocenters. The first kappa shape index (κ1) is 17.0. The van der Waals surface area contributed by atoms with Crippen molar-refractivity contribution in [1.82, 2.24) is 9.80 Å². The molecule has 26 heavy (non-hydrogen) atoms. The van der Waals surface area contributed by atoms with E-state index in [1.165, 1.54) is 0 Å². The van der Waals surface area contributed by atoms with Crippen LogP contribution < -0.4 is 5.32 Å². The number of nitrogens with one attached hydrogen (secondary N) is 1. The highest BCUT2D eigenvalue weighted by molar-refractivity contribution is 6.03. The van der Waals surface area contributed by atoms with Gasteiger partial charge >= 0.3 is 0 Å². The van der Waals surface area contributed by atoms with Crippen molar-refractivity contribution in [2.75, 3.05) is 31.5 Å². The van der Waals surface area contributed by atoms with Crippen molar-refractivity contribution in [3.63, 3.8) is 0 Å². The zero-order valence-electron chi connectivity index (χ0n) is 15.1. The van der Waals surface area contributed by atoms with E-state index in [2.05, 4.69) is 10.2 Å². The zero-order valence-corrected chi connectivity index (χ0v) is 15.1. The first-order valence-corrected chi connectivity index (χ1v) is 9.45. The molecule has 2 aliphatic rings. The van der Waals surface area contributed by atoms with E-state index in [9.17, 15) is 9.59 Å². The Bertz CT molecular complexity index is 818. The Morgan fingerprint density at radius 1 is 1.00 bits per heavy atom. The molecule has 1 N–H and O–H groups in total. The van der Waals surface area contributed by atoms with E-state index < -0.39 is 0 Å². The second-order valence-electron chi connectivity index (χ2n) is 7.33. The Labute approximate surface area is 154 Å². The molecule has 0 spiro atoms. The normalized spacial score (nSPS) is 19.3. The highest BCUT2D eigenvalue weighted by atomic mass is 16.2. The van der Waals surface area contributed by atoms with E-state index in [0.717, 1.165) is 55.5 Å². The SMILES string of the molecule is C[C@@H](C(=O)Nc1cccc2ccccc12)N1CCN(C(=O)C2CC2)CC1. The third kappa shape index (κ3) is 3.44. The molecule has 1 heterocycles. The molecule has 2 amide bonds. The van der Waals surface area contributed by atoms with Crippen LogP contribution in [0.5, 0.6) is 0 Å². The zero-order chi connectivity index (χ0) is 18.1. The third-order valence-corrected chi connectivity index (χ3v) is 5.53. The van der Waals surface area contributed by atoms with Crippen molar-refractivity contribution < 1.29 is 9.59 Å². The second kappa shape index (κ2) is 7.08. The van der Waals surface area contributed by atoms with Crippen molar-refractivity contribution in [2.45, 2.75) is 25.8 Å². The van der Waals surface area contributed by atoms with Crippen LogP contribution in [0.1, 0.15) is 19.8 Å². The van der Waals surface area contributed by atoms with Gasteiger partial charge < -0.3 is 10.2 Å². The van der Waals surface area contributed by atoms with Gasteiger partial charge in [-0.2, -0.15) is 0 Å². The van der Waals surface area contributed by atoms with Gasteiger partial charge in [-0.15, -0.1) is 0 Å². The summed E-state index contributed by atoms with van der Waals surface area (Å²) in [6.07, 6.45) is 2.09. The van der Waals surface area contributed by atoms with Gasteiger partial charge in [0.1, 0.15) is 0 Å². The Morgan fingerprint density at radius 2 is 1.69 bits per heavy atom. The Balaban J connectivity index is 1.38. The molecule has 5 nitrogen and oxygen atoms in total. The molecule has 0 aromatic heterocycles. The van der Waals surface area contributed by atoms with Crippen LogP contribution in [0, 0.1) is 5.92 Å². The molecule has 1 saturated carbocycles. The topological polar surface area (TPSA) is 52.7 Å². The van der Waals surface area contributed by atoms with Crippen LogP contribution in [-0.4, -0.2) is 53.8 Å². The molecule has 0 bridgehead atoms. The first-order valence-electron chi connectivity index (χ1n) is 9.45. The van der Waals surface area contributed by atoms with Crippen molar-refractivity contribution in [3.8, 4) is 0 Å². The van der Waals surface area contributed by atoms with Crippen molar-refractivity contribution >= 4 is 28.3 Å². The molecule has 5 heteroatoms. The summed E-state index contributed by atoms with van der Waals surface area (Å²) in [6, 6.07) is 13.8.